The second-order valence-electron chi connectivity index (χ2n) is 10.5. The minimum Gasteiger partial charge on any atom is -0.394 e. The van der Waals surface area contributed by atoms with E-state index in [4.69, 9.17) is 44.2 Å². The molecule has 0 unspecified atom stereocenters. The van der Waals surface area contributed by atoms with Gasteiger partial charge in [0.05, 0.1) is 44.1 Å². The van der Waals surface area contributed by atoms with E-state index in [1.165, 1.54) is 6.92 Å². The number of ether oxygens (including phenoxy) is 3. The van der Waals surface area contributed by atoms with Crippen molar-refractivity contribution >= 4 is 40.6 Å². The van der Waals surface area contributed by atoms with Crippen LogP contribution in [-0.4, -0.2) is 174 Å². The van der Waals surface area contributed by atoms with E-state index in [9.17, 15) is 50.8 Å². The van der Waals surface area contributed by atoms with E-state index in [0.717, 1.165) is 0 Å². The van der Waals surface area contributed by atoms with E-state index >= 15 is 0 Å². The van der Waals surface area contributed by atoms with Gasteiger partial charge in [-0.25, -0.2) is 0 Å². The van der Waals surface area contributed by atoms with Crippen molar-refractivity contribution in [3.63, 3.8) is 0 Å². The summed E-state index contributed by atoms with van der Waals surface area (Å²) in [6.45, 7) is -0.922. The van der Waals surface area contributed by atoms with E-state index in [2.05, 4.69) is 36.6 Å². The number of nitrogens with one attached hydrogen (secondary N) is 5. The Bertz CT molecular complexity index is 1100. The lowest BCUT2D eigenvalue weighted by Gasteiger charge is -2.45. The van der Waals surface area contributed by atoms with Gasteiger partial charge in [0.15, 0.2) is 28.9 Å². The van der Waals surface area contributed by atoms with E-state index in [1.54, 1.807) is 0 Å². The molecule has 21 nitrogen and oxygen atoms in total. The van der Waals surface area contributed by atoms with Crippen molar-refractivity contribution in [2.75, 3.05) is 19.8 Å². The van der Waals surface area contributed by atoms with Crippen molar-refractivity contribution in [3.8, 4) is 0 Å². The molecular weight excluding hydrogens is 648 g/mol. The highest BCUT2D eigenvalue weighted by Gasteiger charge is 2.48. The molecule has 0 aromatic carbocycles. The lowest BCUT2D eigenvalue weighted by molar-refractivity contribution is -0.203. The average Bonchev–Trinajstić information content (AvgIpc) is 2.99. The molecule has 23 heteroatoms. The number of amides is 1. The van der Waals surface area contributed by atoms with E-state index in [1.807, 2.05) is 0 Å². The Hall–Kier alpha value is -2.32. The van der Waals surface area contributed by atoms with Gasteiger partial charge in [0.25, 0.3) is 0 Å². The van der Waals surface area contributed by atoms with Gasteiger partial charge in [0, 0.05) is 11.8 Å². The Kier molecular flexibility index (Phi) is 13.6. The van der Waals surface area contributed by atoms with Crippen LogP contribution in [0.2, 0.25) is 0 Å². The third-order valence-electron chi connectivity index (χ3n) is 7.42. The molecule has 15 atom stereocenters. The van der Waals surface area contributed by atoms with Crippen molar-refractivity contribution in [1.82, 2.24) is 26.6 Å². The number of aliphatic hydroxyl groups excluding tert-OH is 9. The first-order valence-electron chi connectivity index (χ1n) is 13.6. The van der Waals surface area contributed by atoms with Crippen molar-refractivity contribution in [3.05, 3.63) is 10.4 Å². The largest absolute Gasteiger partial charge is 0.394 e. The molecule has 0 saturated carbocycles. The number of hydrogen-bond donors (Lipinski definition) is 14. The maximum atomic E-state index is 11.5. The Morgan fingerprint density at radius 1 is 0.667 bits per heavy atom. The Balaban J connectivity index is 1.69. The molecule has 0 aliphatic carbocycles. The molecular formula is C22H38N8O13S2. The summed E-state index contributed by atoms with van der Waals surface area (Å²) in [5.41, 5.74) is 8.79. The molecule has 3 heterocycles. The predicted octanol–water partition coefficient (Wildman–Crippen LogP) is -7.22. The van der Waals surface area contributed by atoms with Crippen LogP contribution in [0.1, 0.15) is 6.92 Å². The molecule has 0 aromatic heterocycles. The fourth-order valence-corrected chi connectivity index (χ4v) is 5.59. The number of thiocarbonyl (C=S) groups is 2. The normalized spacial score (nSPS) is 41.6. The van der Waals surface area contributed by atoms with E-state index < -0.39 is 117 Å². The van der Waals surface area contributed by atoms with Crippen LogP contribution in [-0.2, 0) is 19.0 Å². The molecule has 3 rings (SSSR count). The summed E-state index contributed by atoms with van der Waals surface area (Å²) in [5, 5.41) is 108. The van der Waals surface area contributed by atoms with Crippen LogP contribution >= 0.6 is 24.4 Å². The van der Waals surface area contributed by atoms with Gasteiger partial charge in [-0.15, -0.1) is 0 Å². The second-order valence-corrected chi connectivity index (χ2v) is 11.3. The number of nitrogens with zero attached hydrogens (tertiary/aromatic N) is 3. The van der Waals surface area contributed by atoms with Gasteiger partial charge in [-0.05, 0) is 30.0 Å². The lowest BCUT2D eigenvalue weighted by atomic mass is 9.95. The number of carbonyl (C=O) groups excluding carboxylic acids is 1. The fourth-order valence-electron chi connectivity index (χ4n) is 5.09. The van der Waals surface area contributed by atoms with Crippen LogP contribution < -0.4 is 26.6 Å². The number of azide groups is 1. The van der Waals surface area contributed by atoms with Crippen LogP contribution in [0.15, 0.2) is 5.11 Å². The minimum absolute atomic E-state index is 0.300. The SMILES string of the molecule is CC(=O)N[C@@H]1O[C@H](CO)[C@@H](O)[C@H](NC(=S)N[C@@H]2O[C@H](CO)[C@@H](O)[C@H](NC(=S)N[C@@H]3O[C@H](CO)[C@@H](O)[C@H](N=[N+]=[N-])[C@H]3O)[C@H]2O)[C@H]1O. The van der Waals surface area contributed by atoms with Gasteiger partial charge in [0.2, 0.25) is 5.91 Å². The summed E-state index contributed by atoms with van der Waals surface area (Å²) >= 11 is 10.5. The number of rotatable bonds is 9. The Labute approximate surface area is 266 Å². The van der Waals surface area contributed by atoms with Crippen molar-refractivity contribution in [1.29, 1.82) is 0 Å². The fraction of sp³-hybridized carbons (Fsp3) is 0.864. The highest BCUT2D eigenvalue weighted by molar-refractivity contribution is 7.80. The van der Waals surface area contributed by atoms with Gasteiger partial charge in [-0.1, -0.05) is 5.11 Å². The van der Waals surface area contributed by atoms with Gasteiger partial charge < -0.3 is 86.8 Å². The molecule has 45 heavy (non-hydrogen) atoms. The van der Waals surface area contributed by atoms with Crippen molar-refractivity contribution in [2.45, 2.75) is 98.7 Å². The van der Waals surface area contributed by atoms with Crippen LogP contribution in [0.3, 0.4) is 0 Å². The molecule has 3 aliphatic heterocycles. The molecule has 1 amide bonds. The molecule has 0 bridgehead atoms. The maximum absolute atomic E-state index is 11.5. The molecule has 0 aromatic rings. The molecule has 0 spiro atoms. The highest BCUT2D eigenvalue weighted by atomic mass is 32.1. The Morgan fingerprint density at radius 2 is 1.04 bits per heavy atom. The zero-order valence-corrected chi connectivity index (χ0v) is 25.2. The summed E-state index contributed by atoms with van der Waals surface area (Å²) in [7, 11) is 0. The average molecular weight is 687 g/mol. The van der Waals surface area contributed by atoms with Gasteiger partial charge >= 0.3 is 0 Å². The highest BCUT2D eigenvalue weighted by Crippen LogP contribution is 2.24. The zero-order valence-electron chi connectivity index (χ0n) is 23.6. The smallest absolute Gasteiger partial charge is 0.218 e. The minimum atomic E-state index is -1.66. The topological polar surface area (TPSA) is 336 Å². The Morgan fingerprint density at radius 3 is 1.42 bits per heavy atom. The quantitative estimate of drug-likeness (QED) is 0.0463. The first-order valence-corrected chi connectivity index (χ1v) is 14.4. The predicted molar refractivity (Wildman–Crippen MR) is 155 cm³/mol. The molecule has 3 fully saturated rings. The monoisotopic (exact) mass is 686 g/mol. The summed E-state index contributed by atoms with van der Waals surface area (Å²) in [6.07, 6.45) is -17.5. The molecule has 14 N–H and O–H groups in total. The first kappa shape index (κ1) is 37.1. The number of hydrogen-bond acceptors (Lipinski definition) is 16. The standard InChI is InChI=1S/C22H38N8O13S2/c1-5(34)24-18-15(38)9(12(35)6(2-31)41-18)25-21(44)27-19-16(39)10(13(36)7(3-32)42-19)26-22(45)28-20-17(40)11(29-30-23)14(37)8(4-33)43-20/h6-20,31-33,35-40H,2-4H2,1H3,(H,24,34)(H2,25,27,44)(H2,26,28,45)/t6-,7-,8-,9+,10+,11+,12-,13-,14-,15-,16-,17-,18-,19-,20-/m1/s1. The molecule has 0 radical (unpaired) electrons. The van der Waals surface area contributed by atoms with Crippen LogP contribution in [0.25, 0.3) is 10.4 Å². The number of aliphatic hydroxyl groups is 9. The lowest BCUT2D eigenvalue weighted by Crippen LogP contribution is -2.71. The first-order chi connectivity index (χ1) is 21.3. The van der Waals surface area contributed by atoms with Crippen LogP contribution in [0.4, 0.5) is 0 Å². The summed E-state index contributed by atoms with van der Waals surface area (Å²) in [6, 6.07) is -4.09. The van der Waals surface area contributed by atoms with Gasteiger partial charge in [-0.3, -0.25) is 4.79 Å². The summed E-state index contributed by atoms with van der Waals surface area (Å²) < 4.78 is 16.3. The summed E-state index contributed by atoms with van der Waals surface area (Å²) in [5.74, 6) is -0.560. The van der Waals surface area contributed by atoms with Crippen molar-refractivity contribution in [2.24, 2.45) is 5.11 Å². The third-order valence-corrected chi connectivity index (χ3v) is 7.89. The third kappa shape index (κ3) is 8.73. The second kappa shape index (κ2) is 16.5. The van der Waals surface area contributed by atoms with Crippen LogP contribution in [0.5, 0.6) is 0 Å². The molecule has 256 valence electrons. The van der Waals surface area contributed by atoms with E-state index in [0.29, 0.717) is 0 Å². The number of carbonyl (C=O) groups is 1. The molecule has 3 aliphatic rings. The van der Waals surface area contributed by atoms with Gasteiger partial charge in [0.1, 0.15) is 48.8 Å². The summed E-state index contributed by atoms with van der Waals surface area (Å²) in [4.78, 5) is 14.1. The van der Waals surface area contributed by atoms with E-state index in [-0.39, 0.29) is 10.2 Å². The molecule has 3 saturated heterocycles. The van der Waals surface area contributed by atoms with Crippen LogP contribution in [0, 0.1) is 0 Å². The van der Waals surface area contributed by atoms with Crippen molar-refractivity contribution < 1.29 is 65.0 Å². The van der Waals surface area contributed by atoms with Gasteiger partial charge in [-0.2, -0.15) is 0 Å². The zero-order chi connectivity index (χ0) is 33.6. The maximum Gasteiger partial charge on any atom is 0.218 e.